The minimum absolute atomic E-state index is 0.0995. The van der Waals surface area contributed by atoms with E-state index in [-0.39, 0.29) is 29.3 Å². The summed E-state index contributed by atoms with van der Waals surface area (Å²) in [6, 6.07) is 0. The third-order valence-electron chi connectivity index (χ3n) is 8.76. The van der Waals surface area contributed by atoms with Crippen LogP contribution in [0.4, 0.5) is 0 Å². The molecule has 0 amide bonds. The molecule has 6 unspecified atom stereocenters. The van der Waals surface area contributed by atoms with Gasteiger partial charge in [0.1, 0.15) is 0 Å². The smallest absolute Gasteiger partial charge is 0.333 e. The van der Waals surface area contributed by atoms with E-state index in [4.69, 9.17) is 4.74 Å². The van der Waals surface area contributed by atoms with Crippen LogP contribution in [0.3, 0.4) is 0 Å². The van der Waals surface area contributed by atoms with Gasteiger partial charge in [-0.05, 0) is 86.9 Å². The molecule has 140 valence electrons. The van der Waals surface area contributed by atoms with Gasteiger partial charge < -0.3 is 14.9 Å². The highest BCUT2D eigenvalue weighted by atomic mass is 16.5. The van der Waals surface area contributed by atoms with Crippen molar-refractivity contribution in [3.63, 3.8) is 0 Å². The van der Waals surface area contributed by atoms with Gasteiger partial charge in [0.25, 0.3) is 0 Å². The number of methoxy groups -OCH3 is 1. The molecule has 1 spiro atoms. The molecule has 4 nitrogen and oxygen atoms in total. The number of ether oxygens (including phenoxy) is 1. The first kappa shape index (κ1) is 17.5. The van der Waals surface area contributed by atoms with Crippen molar-refractivity contribution >= 4 is 5.97 Å². The Morgan fingerprint density at radius 2 is 2.04 bits per heavy atom. The average molecular weight is 348 g/mol. The van der Waals surface area contributed by atoms with Crippen LogP contribution in [0.1, 0.15) is 65.2 Å². The first-order chi connectivity index (χ1) is 11.8. The summed E-state index contributed by atoms with van der Waals surface area (Å²) in [7, 11) is 1.47. The lowest BCUT2D eigenvalue weighted by molar-refractivity contribution is -0.137. The SMILES string of the molecule is COC(=O)C1=C(C)C2CCC34CC(CCC3C2(C)CC1)C(O)(CO)C4. The van der Waals surface area contributed by atoms with Gasteiger partial charge in [-0.15, -0.1) is 0 Å². The van der Waals surface area contributed by atoms with Gasteiger partial charge in [-0.25, -0.2) is 4.79 Å². The maximum absolute atomic E-state index is 12.1. The summed E-state index contributed by atoms with van der Waals surface area (Å²) in [5.74, 6) is 1.15. The van der Waals surface area contributed by atoms with Crippen molar-refractivity contribution < 1.29 is 19.7 Å². The van der Waals surface area contributed by atoms with Crippen molar-refractivity contribution in [3.8, 4) is 0 Å². The standard InChI is InChI=1S/C21H32O4/c1-13-15(18(23)25-3)6-8-19(2)16(13)7-9-20-10-14(4-5-17(19)20)21(24,11-20)12-22/h14,16-17,22,24H,4-12H2,1-3H3. The molecule has 0 saturated heterocycles. The molecule has 4 rings (SSSR count). The van der Waals surface area contributed by atoms with E-state index < -0.39 is 5.60 Å². The normalized spacial score (nSPS) is 48.8. The number of carbonyl (C=O) groups is 1. The summed E-state index contributed by atoms with van der Waals surface area (Å²) >= 11 is 0. The van der Waals surface area contributed by atoms with Crippen LogP contribution in [0, 0.1) is 28.6 Å². The van der Waals surface area contributed by atoms with Crippen LogP contribution in [-0.4, -0.2) is 35.5 Å². The predicted octanol–water partition coefficient (Wildman–Crippen LogP) is 3.22. The van der Waals surface area contributed by atoms with E-state index in [1.165, 1.54) is 12.7 Å². The molecule has 2 N–H and O–H groups in total. The first-order valence-corrected chi connectivity index (χ1v) is 9.91. The molecule has 0 aromatic heterocycles. The van der Waals surface area contributed by atoms with E-state index in [0.717, 1.165) is 56.9 Å². The van der Waals surface area contributed by atoms with Gasteiger partial charge in [0.2, 0.25) is 0 Å². The molecular weight excluding hydrogens is 316 g/mol. The Bertz CT molecular complexity index is 625. The first-order valence-electron chi connectivity index (χ1n) is 9.91. The van der Waals surface area contributed by atoms with Gasteiger partial charge in [0.05, 0.1) is 19.3 Å². The van der Waals surface area contributed by atoms with Crippen molar-refractivity contribution in [3.05, 3.63) is 11.1 Å². The molecule has 2 bridgehead atoms. The summed E-state index contributed by atoms with van der Waals surface area (Å²) in [6.07, 6.45) is 8.07. The lowest BCUT2D eigenvalue weighted by atomic mass is 9.44. The second-order valence-electron chi connectivity index (χ2n) is 9.58. The van der Waals surface area contributed by atoms with Gasteiger partial charge in [-0.2, -0.15) is 0 Å². The molecule has 4 heteroatoms. The number of hydrogen-bond acceptors (Lipinski definition) is 4. The quantitative estimate of drug-likeness (QED) is 0.752. The van der Waals surface area contributed by atoms with Crippen LogP contribution in [-0.2, 0) is 9.53 Å². The summed E-state index contributed by atoms with van der Waals surface area (Å²) in [6.45, 7) is 4.46. The highest BCUT2D eigenvalue weighted by Crippen LogP contribution is 2.71. The van der Waals surface area contributed by atoms with Crippen LogP contribution in [0.5, 0.6) is 0 Å². The molecule has 3 saturated carbocycles. The van der Waals surface area contributed by atoms with Gasteiger partial charge in [-0.1, -0.05) is 12.5 Å². The van der Waals surface area contributed by atoms with Crippen LogP contribution >= 0.6 is 0 Å². The van der Waals surface area contributed by atoms with E-state index in [2.05, 4.69) is 13.8 Å². The predicted molar refractivity (Wildman–Crippen MR) is 94.7 cm³/mol. The molecule has 4 aliphatic carbocycles. The van der Waals surface area contributed by atoms with Crippen molar-refractivity contribution in [2.24, 2.45) is 28.6 Å². The number of hydrogen-bond donors (Lipinski definition) is 2. The Labute approximate surface area is 150 Å². The van der Waals surface area contributed by atoms with Crippen molar-refractivity contribution in [2.45, 2.75) is 70.8 Å². The van der Waals surface area contributed by atoms with Crippen molar-refractivity contribution in [1.82, 2.24) is 0 Å². The van der Waals surface area contributed by atoms with Crippen molar-refractivity contribution in [2.75, 3.05) is 13.7 Å². The summed E-state index contributed by atoms with van der Waals surface area (Å²) in [5, 5.41) is 20.8. The zero-order valence-corrected chi connectivity index (χ0v) is 15.8. The molecule has 0 radical (unpaired) electrons. The Hall–Kier alpha value is -0.870. The lowest BCUT2D eigenvalue weighted by Crippen LogP contribution is -2.52. The minimum atomic E-state index is -0.866. The van der Waals surface area contributed by atoms with Crippen molar-refractivity contribution in [1.29, 1.82) is 0 Å². The second kappa shape index (κ2) is 5.56. The number of allylic oxidation sites excluding steroid dienone is 1. The second-order valence-corrected chi connectivity index (χ2v) is 9.58. The molecule has 0 aromatic carbocycles. The number of esters is 1. The number of aliphatic hydroxyl groups is 2. The third kappa shape index (κ3) is 2.22. The molecule has 0 heterocycles. The third-order valence-corrected chi connectivity index (χ3v) is 8.76. The monoisotopic (exact) mass is 348 g/mol. The average Bonchev–Trinajstić information content (AvgIpc) is 2.80. The molecule has 0 aliphatic heterocycles. The number of fused-ring (bicyclic) bond motifs is 3. The Morgan fingerprint density at radius 1 is 1.28 bits per heavy atom. The topological polar surface area (TPSA) is 66.8 Å². The lowest BCUT2D eigenvalue weighted by Gasteiger charge is -2.60. The fraction of sp³-hybridized carbons (Fsp3) is 0.857. The van der Waals surface area contributed by atoms with E-state index in [1.807, 2.05) is 0 Å². The summed E-state index contributed by atoms with van der Waals surface area (Å²) < 4.78 is 5.01. The van der Waals surface area contributed by atoms with Crippen LogP contribution in [0.15, 0.2) is 11.1 Å². The van der Waals surface area contributed by atoms with Crippen LogP contribution in [0.2, 0.25) is 0 Å². The fourth-order valence-electron chi connectivity index (χ4n) is 7.65. The molecule has 6 atom stereocenters. The highest BCUT2D eigenvalue weighted by Gasteiger charge is 2.65. The Balaban J connectivity index is 1.70. The molecule has 25 heavy (non-hydrogen) atoms. The van der Waals surface area contributed by atoms with E-state index >= 15 is 0 Å². The highest BCUT2D eigenvalue weighted by molar-refractivity contribution is 5.89. The minimum Gasteiger partial charge on any atom is -0.466 e. The van der Waals surface area contributed by atoms with Gasteiger partial charge in [0, 0.05) is 5.57 Å². The fourth-order valence-corrected chi connectivity index (χ4v) is 7.65. The van der Waals surface area contributed by atoms with Crippen LogP contribution < -0.4 is 0 Å². The number of rotatable bonds is 2. The Morgan fingerprint density at radius 3 is 2.72 bits per heavy atom. The summed E-state index contributed by atoms with van der Waals surface area (Å²) in [4.78, 5) is 12.1. The van der Waals surface area contributed by atoms with E-state index in [0.29, 0.717) is 11.8 Å². The number of aliphatic hydroxyl groups excluding tert-OH is 1. The van der Waals surface area contributed by atoms with Crippen LogP contribution in [0.25, 0.3) is 0 Å². The maximum atomic E-state index is 12.1. The molecule has 0 aromatic rings. The Kier molecular flexibility index (Phi) is 3.90. The maximum Gasteiger partial charge on any atom is 0.333 e. The van der Waals surface area contributed by atoms with Gasteiger partial charge in [-0.3, -0.25) is 0 Å². The zero-order chi connectivity index (χ0) is 18.0. The van der Waals surface area contributed by atoms with E-state index in [9.17, 15) is 15.0 Å². The van der Waals surface area contributed by atoms with E-state index in [1.54, 1.807) is 0 Å². The van der Waals surface area contributed by atoms with Gasteiger partial charge in [0.15, 0.2) is 0 Å². The molecule has 4 aliphatic rings. The largest absolute Gasteiger partial charge is 0.466 e. The zero-order valence-electron chi connectivity index (χ0n) is 15.8. The molecular formula is C21H32O4. The van der Waals surface area contributed by atoms with Gasteiger partial charge >= 0.3 is 5.97 Å². The number of carbonyl (C=O) groups excluding carboxylic acids is 1. The molecule has 3 fully saturated rings. The summed E-state index contributed by atoms with van der Waals surface area (Å²) in [5.41, 5.74) is 1.66.